The van der Waals surface area contributed by atoms with Crippen LogP contribution in [-0.2, 0) is 6.54 Å². The summed E-state index contributed by atoms with van der Waals surface area (Å²) >= 11 is 10.7. The maximum absolute atomic E-state index is 13.6. The topological polar surface area (TPSA) is 12.0 Å². The Balaban J connectivity index is 1.99. The molecule has 0 aliphatic carbocycles. The van der Waals surface area contributed by atoms with Gasteiger partial charge in [-0.1, -0.05) is 33.6 Å². The third-order valence-electron chi connectivity index (χ3n) is 2.63. The molecule has 0 fully saturated rings. The standard InChI is InChI=1S/C13H12BrClFNS/c1-8(12-4-5-13(15)18-12)17-7-9-2-3-10(14)6-11(9)16/h2-6,8,17H,7H2,1H3. The molecule has 1 atom stereocenters. The van der Waals surface area contributed by atoms with E-state index < -0.39 is 0 Å². The van der Waals surface area contributed by atoms with Crippen molar-refractivity contribution in [1.29, 1.82) is 0 Å². The highest BCUT2D eigenvalue weighted by atomic mass is 79.9. The van der Waals surface area contributed by atoms with Crippen LogP contribution in [0.3, 0.4) is 0 Å². The molecule has 2 rings (SSSR count). The lowest BCUT2D eigenvalue weighted by Crippen LogP contribution is -2.17. The molecule has 5 heteroatoms. The van der Waals surface area contributed by atoms with Gasteiger partial charge in [-0.15, -0.1) is 11.3 Å². The molecule has 96 valence electrons. The Morgan fingerprint density at radius 3 is 2.78 bits per heavy atom. The fraction of sp³-hybridized carbons (Fsp3) is 0.231. The summed E-state index contributed by atoms with van der Waals surface area (Å²) in [5.41, 5.74) is 0.660. The fourth-order valence-electron chi connectivity index (χ4n) is 1.59. The Morgan fingerprint density at radius 2 is 2.17 bits per heavy atom. The summed E-state index contributed by atoms with van der Waals surface area (Å²) < 4.78 is 15.1. The van der Waals surface area contributed by atoms with E-state index in [1.54, 1.807) is 6.07 Å². The van der Waals surface area contributed by atoms with Gasteiger partial charge in [-0.3, -0.25) is 0 Å². The molecule has 0 radical (unpaired) electrons. The van der Waals surface area contributed by atoms with Gasteiger partial charge in [-0.05, 0) is 31.2 Å². The average Bonchev–Trinajstić information content (AvgIpc) is 2.74. The highest BCUT2D eigenvalue weighted by Crippen LogP contribution is 2.27. The summed E-state index contributed by atoms with van der Waals surface area (Å²) in [5.74, 6) is -0.201. The van der Waals surface area contributed by atoms with Crippen LogP contribution in [0.1, 0.15) is 23.4 Å². The van der Waals surface area contributed by atoms with Crippen molar-refractivity contribution in [1.82, 2.24) is 5.32 Å². The summed E-state index contributed by atoms with van der Waals surface area (Å²) in [7, 11) is 0. The number of thiophene rings is 1. The lowest BCUT2D eigenvalue weighted by molar-refractivity contribution is 0.548. The second-order valence-electron chi connectivity index (χ2n) is 3.98. The van der Waals surface area contributed by atoms with Crippen LogP contribution in [0.5, 0.6) is 0 Å². The molecule has 1 unspecified atom stereocenters. The second kappa shape index (κ2) is 6.15. The van der Waals surface area contributed by atoms with Crippen LogP contribution in [0.4, 0.5) is 4.39 Å². The van der Waals surface area contributed by atoms with Crippen LogP contribution in [0, 0.1) is 5.82 Å². The van der Waals surface area contributed by atoms with Crippen LogP contribution in [0.2, 0.25) is 4.34 Å². The number of rotatable bonds is 4. The summed E-state index contributed by atoms with van der Waals surface area (Å²) in [4.78, 5) is 1.15. The molecule has 0 aliphatic heterocycles. The monoisotopic (exact) mass is 347 g/mol. The van der Waals surface area contributed by atoms with Crippen molar-refractivity contribution < 1.29 is 4.39 Å². The van der Waals surface area contributed by atoms with E-state index in [4.69, 9.17) is 11.6 Å². The number of nitrogens with one attached hydrogen (secondary N) is 1. The van der Waals surface area contributed by atoms with Crippen molar-refractivity contribution in [3.05, 3.63) is 55.4 Å². The van der Waals surface area contributed by atoms with E-state index in [1.807, 2.05) is 25.1 Å². The van der Waals surface area contributed by atoms with E-state index in [1.165, 1.54) is 17.4 Å². The van der Waals surface area contributed by atoms with E-state index in [2.05, 4.69) is 21.2 Å². The lowest BCUT2D eigenvalue weighted by Gasteiger charge is -2.12. The molecule has 0 saturated carbocycles. The zero-order valence-electron chi connectivity index (χ0n) is 9.71. The van der Waals surface area contributed by atoms with E-state index >= 15 is 0 Å². The number of hydrogen-bond acceptors (Lipinski definition) is 2. The molecule has 1 N–H and O–H groups in total. The van der Waals surface area contributed by atoms with Gasteiger partial charge in [0.05, 0.1) is 4.34 Å². The number of halogens is 3. The van der Waals surface area contributed by atoms with Crippen molar-refractivity contribution >= 4 is 38.9 Å². The van der Waals surface area contributed by atoms with Crippen molar-refractivity contribution in [2.45, 2.75) is 19.5 Å². The quantitative estimate of drug-likeness (QED) is 0.805. The van der Waals surface area contributed by atoms with Gasteiger partial charge in [-0.2, -0.15) is 0 Å². The van der Waals surface area contributed by atoms with Gasteiger partial charge in [0.2, 0.25) is 0 Å². The summed E-state index contributed by atoms with van der Waals surface area (Å²) in [6, 6.07) is 9.12. The maximum Gasteiger partial charge on any atom is 0.128 e. The molecule has 0 aliphatic rings. The van der Waals surface area contributed by atoms with Gasteiger partial charge in [0.1, 0.15) is 5.82 Å². The molecule has 1 heterocycles. The van der Waals surface area contributed by atoms with Crippen LogP contribution in [0.15, 0.2) is 34.8 Å². The second-order valence-corrected chi connectivity index (χ2v) is 6.64. The minimum atomic E-state index is -0.201. The molecule has 18 heavy (non-hydrogen) atoms. The smallest absolute Gasteiger partial charge is 0.128 e. The highest BCUT2D eigenvalue weighted by molar-refractivity contribution is 9.10. The van der Waals surface area contributed by atoms with E-state index in [-0.39, 0.29) is 11.9 Å². The van der Waals surface area contributed by atoms with Gasteiger partial charge in [0, 0.05) is 27.5 Å². The molecule has 0 saturated heterocycles. The van der Waals surface area contributed by atoms with Crippen LogP contribution in [-0.4, -0.2) is 0 Å². The molecule has 1 aromatic heterocycles. The van der Waals surface area contributed by atoms with Crippen molar-refractivity contribution in [2.24, 2.45) is 0 Å². The van der Waals surface area contributed by atoms with Crippen molar-refractivity contribution in [3.8, 4) is 0 Å². The number of benzene rings is 1. The Labute approximate surface area is 123 Å². The van der Waals surface area contributed by atoms with Crippen molar-refractivity contribution in [2.75, 3.05) is 0 Å². The zero-order valence-corrected chi connectivity index (χ0v) is 12.9. The SMILES string of the molecule is CC(NCc1ccc(Br)cc1F)c1ccc(Cl)s1. The van der Waals surface area contributed by atoms with Crippen LogP contribution < -0.4 is 5.32 Å². The molecule has 0 amide bonds. The van der Waals surface area contributed by atoms with E-state index in [0.717, 1.165) is 13.7 Å². The molecular weight excluding hydrogens is 337 g/mol. The number of hydrogen-bond donors (Lipinski definition) is 1. The maximum atomic E-state index is 13.6. The molecule has 2 aromatic rings. The van der Waals surface area contributed by atoms with Gasteiger partial charge >= 0.3 is 0 Å². The van der Waals surface area contributed by atoms with Crippen molar-refractivity contribution in [3.63, 3.8) is 0 Å². The van der Waals surface area contributed by atoms with Crippen LogP contribution in [0.25, 0.3) is 0 Å². The Bertz CT molecular complexity index is 544. The Hall–Kier alpha value is -0.420. The summed E-state index contributed by atoms with van der Waals surface area (Å²) in [6.07, 6.45) is 0. The first-order chi connectivity index (χ1) is 8.56. The molecular formula is C13H12BrClFNS. The summed E-state index contributed by atoms with van der Waals surface area (Å²) in [6.45, 7) is 2.54. The fourth-order valence-corrected chi connectivity index (χ4v) is 3.01. The average molecular weight is 349 g/mol. The van der Waals surface area contributed by atoms with E-state index in [0.29, 0.717) is 12.1 Å². The normalized spacial score (nSPS) is 12.7. The molecule has 0 bridgehead atoms. The first-order valence-electron chi connectivity index (χ1n) is 5.49. The Kier molecular flexibility index (Phi) is 4.78. The minimum Gasteiger partial charge on any atom is -0.305 e. The third-order valence-corrected chi connectivity index (χ3v) is 4.54. The lowest BCUT2D eigenvalue weighted by atomic mass is 10.2. The highest BCUT2D eigenvalue weighted by Gasteiger charge is 2.09. The third kappa shape index (κ3) is 3.54. The predicted molar refractivity (Wildman–Crippen MR) is 78.7 cm³/mol. The molecule has 0 spiro atoms. The zero-order chi connectivity index (χ0) is 13.1. The van der Waals surface area contributed by atoms with Crippen LogP contribution >= 0.6 is 38.9 Å². The van der Waals surface area contributed by atoms with Gasteiger partial charge in [-0.25, -0.2) is 4.39 Å². The Morgan fingerprint density at radius 1 is 1.39 bits per heavy atom. The first-order valence-corrected chi connectivity index (χ1v) is 7.47. The molecule has 1 aromatic carbocycles. The van der Waals surface area contributed by atoms with Gasteiger partial charge in [0.25, 0.3) is 0 Å². The van der Waals surface area contributed by atoms with Gasteiger partial charge < -0.3 is 5.32 Å². The van der Waals surface area contributed by atoms with Gasteiger partial charge in [0.15, 0.2) is 0 Å². The largest absolute Gasteiger partial charge is 0.305 e. The van der Waals surface area contributed by atoms with E-state index in [9.17, 15) is 4.39 Å². The molecule has 1 nitrogen and oxygen atoms in total. The first kappa shape index (κ1) is 14.0. The summed E-state index contributed by atoms with van der Waals surface area (Å²) in [5, 5.41) is 3.29. The minimum absolute atomic E-state index is 0.158. The predicted octanol–water partition coefficient (Wildman–Crippen LogP) is 5.15.